The zero-order chi connectivity index (χ0) is 37.4. The van der Waals surface area contributed by atoms with Crippen molar-refractivity contribution in [1.82, 2.24) is 10.3 Å². The van der Waals surface area contributed by atoms with Crippen molar-refractivity contribution >= 4 is 35.1 Å². The molecule has 53 heavy (non-hydrogen) atoms. The number of carbonyl (C=O) groups excluding carboxylic acids is 3. The summed E-state index contributed by atoms with van der Waals surface area (Å²) in [6, 6.07) is 16.4. The van der Waals surface area contributed by atoms with Gasteiger partial charge in [0.05, 0.1) is 13.2 Å². The van der Waals surface area contributed by atoms with Crippen LogP contribution in [0.4, 0.5) is 20.7 Å². The third kappa shape index (κ3) is 10.3. The summed E-state index contributed by atoms with van der Waals surface area (Å²) in [5.74, 6) is -0.220. The first-order valence-electron chi connectivity index (χ1n) is 18.4. The summed E-state index contributed by atoms with van der Waals surface area (Å²) >= 11 is 0. The number of amidine groups is 1. The van der Waals surface area contributed by atoms with E-state index in [-0.39, 0.29) is 35.8 Å². The highest BCUT2D eigenvalue weighted by Crippen LogP contribution is 2.33. The Morgan fingerprint density at radius 2 is 1.66 bits per heavy atom. The number of hydrogen-bond donors (Lipinski definition) is 2. The lowest BCUT2D eigenvalue weighted by atomic mass is 9.77. The second-order valence-corrected chi connectivity index (χ2v) is 14.9. The van der Waals surface area contributed by atoms with Crippen LogP contribution in [0.25, 0.3) is 11.1 Å². The van der Waals surface area contributed by atoms with Crippen LogP contribution in [-0.4, -0.2) is 73.7 Å². The van der Waals surface area contributed by atoms with E-state index < -0.39 is 17.6 Å². The predicted octanol–water partition coefficient (Wildman–Crippen LogP) is 6.98. The number of ketones is 1. The highest BCUT2D eigenvalue weighted by Gasteiger charge is 2.31. The molecule has 13 heteroatoms. The standard InChI is InChI=1S/C40H48FN7O5/c1-40(2,3)53-39(51)43-24-27-6-10-29(11-7-27)34(49)23-31(38(50)46-32-14-12-30(13-15-32)36-44-25-45-47-36)22-26-4-8-28(9-5-26)33-16-17-42-37(35(33)41)48-18-20-52-21-19-48/h4-5,8-9,12-17,27,29,31H,6-7,10-11,18-25H2,1-3H3,(H,43,51)(H,46,50)/t27?,29?,31-/m1/s1. The van der Waals surface area contributed by atoms with Crippen molar-refractivity contribution in [1.29, 1.82) is 0 Å². The van der Waals surface area contributed by atoms with Gasteiger partial charge in [-0.2, -0.15) is 5.11 Å². The molecule has 0 unspecified atom stereocenters. The number of azo groups is 1. The summed E-state index contributed by atoms with van der Waals surface area (Å²) in [5.41, 5.74) is 2.85. The maximum Gasteiger partial charge on any atom is 0.407 e. The molecule has 2 amide bonds. The van der Waals surface area contributed by atoms with E-state index in [1.807, 2.05) is 62.1 Å². The molecule has 3 aromatic rings. The molecule has 12 nitrogen and oxygen atoms in total. The largest absolute Gasteiger partial charge is 0.444 e. The second-order valence-electron chi connectivity index (χ2n) is 14.9. The molecule has 0 spiro atoms. The van der Waals surface area contributed by atoms with Gasteiger partial charge in [-0.05, 0) is 100 Å². The molecule has 1 saturated carbocycles. The van der Waals surface area contributed by atoms with Crippen molar-refractivity contribution in [2.24, 2.45) is 33.0 Å². The van der Waals surface area contributed by atoms with Crippen LogP contribution in [0.1, 0.15) is 64.0 Å². The minimum Gasteiger partial charge on any atom is -0.444 e. The number of benzene rings is 2. The van der Waals surface area contributed by atoms with Gasteiger partial charge < -0.3 is 25.0 Å². The first kappa shape index (κ1) is 37.7. The van der Waals surface area contributed by atoms with Crippen LogP contribution < -0.4 is 15.5 Å². The highest BCUT2D eigenvalue weighted by molar-refractivity contribution is 6.01. The Labute approximate surface area is 309 Å². The lowest BCUT2D eigenvalue weighted by Crippen LogP contribution is -2.37. The molecule has 2 N–H and O–H groups in total. The van der Waals surface area contributed by atoms with Crippen LogP contribution in [0, 0.1) is 23.6 Å². The van der Waals surface area contributed by atoms with Crippen molar-refractivity contribution in [2.75, 3.05) is 49.7 Å². The van der Waals surface area contributed by atoms with E-state index in [9.17, 15) is 14.4 Å². The topological polar surface area (TPSA) is 147 Å². The van der Waals surface area contributed by atoms with Crippen molar-refractivity contribution in [2.45, 2.75) is 64.9 Å². The SMILES string of the molecule is CC(C)(C)OC(=O)NCC1CCC(C(=O)C[C@@H](Cc2ccc(-c3ccnc(N4CCOCC4)c3F)cc2)C(=O)Nc2ccc(C3=NCN=N3)cc2)CC1. The van der Waals surface area contributed by atoms with Crippen LogP contribution >= 0.6 is 0 Å². The average molecular weight is 726 g/mol. The van der Waals surface area contributed by atoms with Crippen molar-refractivity contribution in [3.63, 3.8) is 0 Å². The van der Waals surface area contributed by atoms with Crippen LogP contribution in [0.2, 0.25) is 0 Å². The summed E-state index contributed by atoms with van der Waals surface area (Å²) in [7, 11) is 0. The number of amides is 2. The number of nitrogens with zero attached hydrogens (tertiary/aromatic N) is 5. The molecule has 3 aliphatic rings. The number of Topliss-reactive ketones (excluding diaryl/α,β-unsaturated/α-hetero) is 1. The predicted molar refractivity (Wildman–Crippen MR) is 200 cm³/mol. The van der Waals surface area contributed by atoms with Crippen molar-refractivity contribution in [3.8, 4) is 11.1 Å². The van der Waals surface area contributed by atoms with Gasteiger partial charge in [0.1, 0.15) is 11.4 Å². The number of pyridine rings is 1. The van der Waals surface area contributed by atoms with Crippen LogP contribution in [0.5, 0.6) is 0 Å². The normalized spacial score (nSPS) is 19.3. The lowest BCUT2D eigenvalue weighted by Gasteiger charge is -2.29. The van der Waals surface area contributed by atoms with E-state index in [4.69, 9.17) is 9.47 Å². The molecule has 1 atom stereocenters. The second kappa shape index (κ2) is 17.2. The van der Waals surface area contributed by atoms with Gasteiger partial charge in [-0.3, -0.25) is 9.59 Å². The highest BCUT2D eigenvalue weighted by atomic mass is 19.1. The molecule has 6 rings (SSSR count). The van der Waals surface area contributed by atoms with E-state index in [0.717, 1.165) is 24.0 Å². The third-order valence-electron chi connectivity index (χ3n) is 9.84. The number of alkyl carbamates (subject to hydrolysis) is 1. The fraction of sp³-hybridized carbons (Fsp3) is 0.475. The summed E-state index contributed by atoms with van der Waals surface area (Å²) in [6.07, 6.45) is 4.63. The monoisotopic (exact) mass is 725 g/mol. The van der Waals surface area contributed by atoms with Gasteiger partial charge in [0.2, 0.25) is 5.91 Å². The lowest BCUT2D eigenvalue weighted by molar-refractivity contribution is -0.129. The Hall–Kier alpha value is -5.04. The van der Waals surface area contributed by atoms with Crippen molar-refractivity contribution in [3.05, 3.63) is 77.7 Å². The summed E-state index contributed by atoms with van der Waals surface area (Å²) in [6.45, 7) is 8.50. The number of halogens is 1. The van der Waals surface area contributed by atoms with Gasteiger partial charge in [-0.15, -0.1) is 5.11 Å². The number of nitrogens with one attached hydrogen (secondary N) is 2. The molecule has 3 heterocycles. The zero-order valence-corrected chi connectivity index (χ0v) is 30.6. The number of anilines is 2. The zero-order valence-electron chi connectivity index (χ0n) is 30.6. The third-order valence-corrected chi connectivity index (χ3v) is 9.84. The van der Waals surface area contributed by atoms with Crippen LogP contribution in [0.3, 0.4) is 0 Å². The first-order chi connectivity index (χ1) is 25.5. The number of aliphatic imine (C=N–C) groups is 1. The first-order valence-corrected chi connectivity index (χ1v) is 18.4. The van der Waals surface area contributed by atoms with E-state index >= 15 is 4.39 Å². The summed E-state index contributed by atoms with van der Waals surface area (Å²) in [5, 5.41) is 13.8. The van der Waals surface area contributed by atoms with Crippen LogP contribution in [0.15, 0.2) is 76.0 Å². The minimum absolute atomic E-state index is 0.0646. The average Bonchev–Trinajstić information content (AvgIpc) is 3.70. The molecular formula is C40H48FN7O5. The maximum absolute atomic E-state index is 15.7. The van der Waals surface area contributed by atoms with Crippen LogP contribution in [-0.2, 0) is 25.5 Å². The van der Waals surface area contributed by atoms with Gasteiger partial charge in [0.25, 0.3) is 0 Å². The fourth-order valence-corrected chi connectivity index (χ4v) is 6.98. The number of rotatable bonds is 12. The van der Waals surface area contributed by atoms with Gasteiger partial charge in [0.15, 0.2) is 24.1 Å². The Balaban J connectivity index is 1.12. The molecular weight excluding hydrogens is 677 g/mol. The molecule has 2 fully saturated rings. The minimum atomic E-state index is -0.627. The Bertz CT molecular complexity index is 1810. The van der Waals surface area contributed by atoms with E-state index in [0.29, 0.717) is 87.2 Å². The number of ether oxygens (including phenoxy) is 2. The quantitative estimate of drug-likeness (QED) is 0.205. The number of hydrogen-bond acceptors (Lipinski definition) is 10. The van der Waals surface area contributed by atoms with Gasteiger partial charge in [-0.1, -0.05) is 24.3 Å². The van der Waals surface area contributed by atoms with E-state index in [2.05, 4.69) is 30.8 Å². The van der Waals surface area contributed by atoms with Gasteiger partial charge in [0, 0.05) is 60.9 Å². The molecule has 1 saturated heterocycles. The number of morpholine rings is 1. The van der Waals surface area contributed by atoms with E-state index in [1.54, 1.807) is 24.4 Å². The molecule has 2 aromatic carbocycles. The molecule has 280 valence electrons. The Kier molecular flexibility index (Phi) is 12.2. The summed E-state index contributed by atoms with van der Waals surface area (Å²) in [4.78, 5) is 50.2. The van der Waals surface area contributed by atoms with Crippen molar-refractivity contribution < 1.29 is 28.2 Å². The van der Waals surface area contributed by atoms with Gasteiger partial charge in [-0.25, -0.2) is 19.2 Å². The Morgan fingerprint density at radius 3 is 2.32 bits per heavy atom. The maximum atomic E-state index is 15.7. The number of aromatic nitrogens is 1. The molecule has 1 aromatic heterocycles. The van der Waals surface area contributed by atoms with Gasteiger partial charge >= 0.3 is 6.09 Å². The Morgan fingerprint density at radius 1 is 0.962 bits per heavy atom. The summed E-state index contributed by atoms with van der Waals surface area (Å²) < 4.78 is 26.5. The fourth-order valence-electron chi connectivity index (χ4n) is 6.98. The molecule has 0 bridgehead atoms. The number of carbonyl (C=O) groups is 3. The molecule has 2 aliphatic heterocycles. The smallest absolute Gasteiger partial charge is 0.407 e. The molecule has 0 radical (unpaired) electrons. The molecule has 1 aliphatic carbocycles. The van der Waals surface area contributed by atoms with E-state index in [1.165, 1.54) is 0 Å².